The molecule has 0 radical (unpaired) electrons. The van der Waals surface area contributed by atoms with Crippen molar-refractivity contribution < 1.29 is 14.5 Å². The maximum absolute atomic E-state index is 12.2. The van der Waals surface area contributed by atoms with E-state index in [1.165, 1.54) is 7.05 Å². The summed E-state index contributed by atoms with van der Waals surface area (Å²) in [6.45, 7) is 3.45. The van der Waals surface area contributed by atoms with Gasteiger partial charge in [-0.1, -0.05) is 13.8 Å². The van der Waals surface area contributed by atoms with Crippen LogP contribution in [0.3, 0.4) is 0 Å². The number of hydrogen-bond acceptors (Lipinski definition) is 6. The predicted octanol–water partition coefficient (Wildman–Crippen LogP) is 0.271. The average Bonchev–Trinajstić information content (AvgIpc) is 2.42. The van der Waals surface area contributed by atoms with Gasteiger partial charge in [0.15, 0.2) is 0 Å². The first kappa shape index (κ1) is 16.3. The van der Waals surface area contributed by atoms with Crippen LogP contribution in [0.25, 0.3) is 0 Å². The van der Waals surface area contributed by atoms with Crippen LogP contribution in [0.2, 0.25) is 0 Å². The Morgan fingerprint density at radius 1 is 1.43 bits per heavy atom. The van der Waals surface area contributed by atoms with E-state index < -0.39 is 22.8 Å². The van der Waals surface area contributed by atoms with Crippen LogP contribution in [0.5, 0.6) is 0 Å². The van der Waals surface area contributed by atoms with Crippen molar-refractivity contribution in [1.29, 1.82) is 0 Å². The molecule has 0 aromatic carbocycles. The summed E-state index contributed by atoms with van der Waals surface area (Å²) in [6.07, 6.45) is 1.04. The molecule has 0 saturated heterocycles. The van der Waals surface area contributed by atoms with E-state index in [-0.39, 0.29) is 23.0 Å². The molecule has 1 heterocycles. The van der Waals surface area contributed by atoms with Crippen molar-refractivity contribution in [3.8, 4) is 0 Å². The molecule has 0 aliphatic carbocycles. The zero-order chi connectivity index (χ0) is 16.2. The van der Waals surface area contributed by atoms with Gasteiger partial charge in [-0.25, -0.2) is 4.98 Å². The molecular weight excluding hydrogens is 278 g/mol. The van der Waals surface area contributed by atoms with Crippen molar-refractivity contribution >= 4 is 23.3 Å². The van der Waals surface area contributed by atoms with Gasteiger partial charge in [-0.15, -0.1) is 0 Å². The van der Waals surface area contributed by atoms with E-state index in [1.54, 1.807) is 13.8 Å². The van der Waals surface area contributed by atoms with Crippen LogP contribution in [0.1, 0.15) is 24.2 Å². The number of hydrogen-bond donors (Lipinski definition) is 3. The number of nitrogens with one attached hydrogen (secondary N) is 2. The van der Waals surface area contributed by atoms with Crippen molar-refractivity contribution in [2.45, 2.75) is 19.9 Å². The first-order valence-corrected chi connectivity index (χ1v) is 6.20. The summed E-state index contributed by atoms with van der Waals surface area (Å²) in [7, 11) is 1.53. The molecule has 4 N–H and O–H groups in total. The van der Waals surface area contributed by atoms with Gasteiger partial charge in [-0.05, 0) is 5.92 Å². The summed E-state index contributed by atoms with van der Waals surface area (Å²) < 4.78 is 0. The summed E-state index contributed by atoms with van der Waals surface area (Å²) in [4.78, 5) is 37.4. The summed E-state index contributed by atoms with van der Waals surface area (Å²) >= 11 is 0. The van der Waals surface area contributed by atoms with E-state index in [2.05, 4.69) is 15.6 Å². The van der Waals surface area contributed by atoms with Crippen LogP contribution in [0.4, 0.5) is 11.5 Å². The van der Waals surface area contributed by atoms with E-state index in [0.717, 1.165) is 12.3 Å². The molecule has 1 aromatic rings. The minimum absolute atomic E-state index is 0.0291. The Hall–Kier alpha value is -2.71. The van der Waals surface area contributed by atoms with E-state index in [9.17, 15) is 19.7 Å². The van der Waals surface area contributed by atoms with Crippen LogP contribution >= 0.6 is 0 Å². The van der Waals surface area contributed by atoms with Gasteiger partial charge in [-0.3, -0.25) is 19.7 Å². The molecule has 114 valence electrons. The first-order valence-electron chi connectivity index (χ1n) is 6.20. The number of anilines is 1. The molecule has 0 spiro atoms. The van der Waals surface area contributed by atoms with Gasteiger partial charge in [0, 0.05) is 13.1 Å². The van der Waals surface area contributed by atoms with Gasteiger partial charge in [0.05, 0.1) is 10.5 Å². The van der Waals surface area contributed by atoms with Crippen LogP contribution in [-0.2, 0) is 4.79 Å². The maximum Gasteiger partial charge on any atom is 0.288 e. The predicted molar refractivity (Wildman–Crippen MR) is 75.7 cm³/mol. The Bertz CT molecular complexity index is 573. The lowest BCUT2D eigenvalue weighted by molar-refractivity contribution is -0.385. The Labute approximate surface area is 121 Å². The fraction of sp³-hybridized carbons (Fsp3) is 0.417. The van der Waals surface area contributed by atoms with Crippen molar-refractivity contribution in [1.82, 2.24) is 10.3 Å². The smallest absolute Gasteiger partial charge is 0.288 e. The van der Waals surface area contributed by atoms with E-state index in [4.69, 9.17) is 5.73 Å². The summed E-state index contributed by atoms with van der Waals surface area (Å²) in [5.74, 6) is -1.38. The summed E-state index contributed by atoms with van der Waals surface area (Å²) in [6, 6.07) is 0.216. The highest BCUT2D eigenvalue weighted by molar-refractivity contribution is 6.01. The van der Waals surface area contributed by atoms with Crippen molar-refractivity contribution in [3.63, 3.8) is 0 Å². The molecule has 9 nitrogen and oxygen atoms in total. The van der Waals surface area contributed by atoms with Crippen molar-refractivity contribution in [3.05, 3.63) is 27.9 Å². The Morgan fingerprint density at radius 3 is 2.48 bits per heavy atom. The number of carbonyl (C=O) groups excluding carboxylic acids is 2. The SMILES string of the molecule is CNc1ncc([N+](=O)[O-])cc1C(=O)NC(C(N)=O)C(C)C. The number of aromatic nitrogens is 1. The number of primary amides is 1. The second-order valence-corrected chi connectivity index (χ2v) is 4.69. The van der Waals surface area contributed by atoms with E-state index >= 15 is 0 Å². The standard InChI is InChI=1S/C12H17N5O4/c1-6(2)9(10(13)18)16-12(19)8-4-7(17(20)21)5-15-11(8)14-3/h4-6,9H,1-3H3,(H2,13,18)(H,14,15)(H,16,19). The lowest BCUT2D eigenvalue weighted by Crippen LogP contribution is -2.47. The van der Waals surface area contributed by atoms with E-state index in [1.807, 2.05) is 0 Å². The van der Waals surface area contributed by atoms with E-state index in [0.29, 0.717) is 0 Å². The van der Waals surface area contributed by atoms with Gasteiger partial charge >= 0.3 is 0 Å². The number of nitrogens with two attached hydrogens (primary N) is 1. The molecule has 0 fully saturated rings. The molecule has 1 atom stereocenters. The molecule has 1 rings (SSSR count). The Balaban J connectivity index is 3.13. The molecular formula is C12H17N5O4. The fourth-order valence-electron chi connectivity index (χ4n) is 1.71. The van der Waals surface area contributed by atoms with Gasteiger partial charge in [0.2, 0.25) is 5.91 Å². The topological polar surface area (TPSA) is 140 Å². The number of nitrogens with zero attached hydrogens (tertiary/aromatic N) is 2. The van der Waals surface area contributed by atoms with Crippen LogP contribution in [-0.4, -0.2) is 34.8 Å². The van der Waals surface area contributed by atoms with Crippen molar-refractivity contribution in [2.75, 3.05) is 12.4 Å². The van der Waals surface area contributed by atoms with Crippen LogP contribution < -0.4 is 16.4 Å². The monoisotopic (exact) mass is 295 g/mol. The van der Waals surface area contributed by atoms with Gasteiger partial charge in [0.25, 0.3) is 11.6 Å². The Kier molecular flexibility index (Phi) is 5.17. The van der Waals surface area contributed by atoms with Gasteiger partial charge in [-0.2, -0.15) is 0 Å². The molecule has 0 aliphatic rings. The van der Waals surface area contributed by atoms with Crippen LogP contribution in [0.15, 0.2) is 12.3 Å². The first-order chi connectivity index (χ1) is 9.77. The fourth-order valence-corrected chi connectivity index (χ4v) is 1.71. The quantitative estimate of drug-likeness (QED) is 0.508. The zero-order valence-corrected chi connectivity index (χ0v) is 11.9. The molecule has 0 bridgehead atoms. The number of nitro groups is 1. The zero-order valence-electron chi connectivity index (χ0n) is 11.9. The highest BCUT2D eigenvalue weighted by Crippen LogP contribution is 2.19. The van der Waals surface area contributed by atoms with Gasteiger partial charge < -0.3 is 16.4 Å². The number of amides is 2. The highest BCUT2D eigenvalue weighted by atomic mass is 16.6. The number of carbonyl (C=O) groups is 2. The van der Waals surface area contributed by atoms with Crippen molar-refractivity contribution in [2.24, 2.45) is 11.7 Å². The van der Waals surface area contributed by atoms with Crippen LogP contribution in [0, 0.1) is 16.0 Å². The summed E-state index contributed by atoms with van der Waals surface area (Å²) in [5, 5.41) is 15.9. The molecule has 0 aliphatic heterocycles. The molecule has 1 aromatic heterocycles. The third-order valence-electron chi connectivity index (χ3n) is 2.83. The summed E-state index contributed by atoms with van der Waals surface area (Å²) in [5.41, 5.74) is 4.87. The molecule has 2 amide bonds. The largest absolute Gasteiger partial charge is 0.372 e. The lowest BCUT2D eigenvalue weighted by Gasteiger charge is -2.19. The lowest BCUT2D eigenvalue weighted by atomic mass is 10.0. The molecule has 9 heteroatoms. The average molecular weight is 295 g/mol. The normalized spacial score (nSPS) is 11.8. The second kappa shape index (κ2) is 6.64. The Morgan fingerprint density at radius 2 is 2.05 bits per heavy atom. The number of rotatable bonds is 6. The van der Waals surface area contributed by atoms with Gasteiger partial charge in [0.1, 0.15) is 18.1 Å². The maximum atomic E-state index is 12.2. The molecule has 21 heavy (non-hydrogen) atoms. The second-order valence-electron chi connectivity index (χ2n) is 4.69. The minimum atomic E-state index is -0.874. The molecule has 1 unspecified atom stereocenters. The highest BCUT2D eigenvalue weighted by Gasteiger charge is 2.25. The third kappa shape index (κ3) is 3.88. The third-order valence-corrected chi connectivity index (χ3v) is 2.83. The minimum Gasteiger partial charge on any atom is -0.372 e. The number of pyridine rings is 1. The molecule has 0 saturated carbocycles.